The van der Waals surface area contributed by atoms with E-state index in [0.29, 0.717) is 6.54 Å². The Morgan fingerprint density at radius 2 is 2.04 bits per heavy atom. The minimum atomic E-state index is -0.0706. The minimum Gasteiger partial charge on any atom is -0.496 e. The van der Waals surface area contributed by atoms with Crippen molar-refractivity contribution in [3.63, 3.8) is 0 Å². The van der Waals surface area contributed by atoms with Gasteiger partial charge in [-0.25, -0.2) is 4.98 Å². The lowest BCUT2D eigenvalue weighted by Gasteiger charge is -2.09. The molecule has 6 heteroatoms. The summed E-state index contributed by atoms with van der Waals surface area (Å²) >= 11 is 1.49. The Kier molecular flexibility index (Phi) is 5.18. The first-order valence-electron chi connectivity index (χ1n) is 7.50. The van der Waals surface area contributed by atoms with Crippen LogP contribution in [-0.4, -0.2) is 23.0 Å². The number of para-hydroxylation sites is 1. The molecule has 1 N–H and O–H groups in total. The van der Waals surface area contributed by atoms with Gasteiger partial charge in [0, 0.05) is 23.7 Å². The summed E-state index contributed by atoms with van der Waals surface area (Å²) in [5.74, 6) is 0.697. The number of hydrogen-bond donors (Lipinski definition) is 1. The lowest BCUT2D eigenvalue weighted by atomic mass is 10.2. The number of hydrogen-bond acceptors (Lipinski definition) is 5. The molecule has 3 aromatic rings. The number of aromatic nitrogens is 2. The third-order valence-electron chi connectivity index (χ3n) is 3.45. The second kappa shape index (κ2) is 7.70. The van der Waals surface area contributed by atoms with Gasteiger partial charge in [0.05, 0.1) is 24.9 Å². The molecule has 0 unspecified atom stereocenters. The molecule has 0 bridgehead atoms. The lowest BCUT2D eigenvalue weighted by Crippen LogP contribution is -2.24. The Morgan fingerprint density at radius 1 is 1.21 bits per heavy atom. The first kappa shape index (κ1) is 16.1. The van der Waals surface area contributed by atoms with Gasteiger partial charge in [0.25, 0.3) is 0 Å². The number of benzene rings is 1. The quantitative estimate of drug-likeness (QED) is 0.750. The van der Waals surface area contributed by atoms with Crippen LogP contribution < -0.4 is 10.1 Å². The number of thiazole rings is 1. The molecule has 0 spiro atoms. The summed E-state index contributed by atoms with van der Waals surface area (Å²) in [6.07, 6.45) is 1.98. The zero-order valence-electron chi connectivity index (χ0n) is 13.2. The fourth-order valence-corrected chi connectivity index (χ4v) is 3.06. The van der Waals surface area contributed by atoms with E-state index in [2.05, 4.69) is 15.3 Å². The molecule has 24 heavy (non-hydrogen) atoms. The molecule has 3 rings (SSSR count). The minimum absolute atomic E-state index is 0.0706. The molecular weight excluding hydrogens is 322 g/mol. The van der Waals surface area contributed by atoms with Crippen LogP contribution in [-0.2, 0) is 17.8 Å². The molecular formula is C18H17N3O2S. The summed E-state index contributed by atoms with van der Waals surface area (Å²) < 4.78 is 5.28. The number of pyridine rings is 1. The van der Waals surface area contributed by atoms with Crippen molar-refractivity contribution in [2.24, 2.45) is 0 Å². The second-order valence-corrected chi connectivity index (χ2v) is 5.98. The van der Waals surface area contributed by atoms with E-state index in [1.165, 1.54) is 11.3 Å². The maximum Gasteiger partial charge on any atom is 0.226 e. The topological polar surface area (TPSA) is 64.1 Å². The van der Waals surface area contributed by atoms with E-state index in [4.69, 9.17) is 4.74 Å². The molecule has 0 atom stereocenters. The number of methoxy groups -OCH3 is 1. The van der Waals surface area contributed by atoms with Gasteiger partial charge >= 0.3 is 0 Å². The van der Waals surface area contributed by atoms with Crippen molar-refractivity contribution >= 4 is 17.2 Å². The SMILES string of the molecule is COc1ccccc1CNC(=O)Cc1csc(-c2ccccn2)n1. The highest BCUT2D eigenvalue weighted by atomic mass is 32.1. The Bertz CT molecular complexity index is 818. The summed E-state index contributed by atoms with van der Waals surface area (Å²) in [7, 11) is 1.62. The summed E-state index contributed by atoms with van der Waals surface area (Å²) in [5, 5.41) is 5.62. The van der Waals surface area contributed by atoms with Crippen molar-refractivity contribution in [1.29, 1.82) is 0 Å². The number of ether oxygens (including phenoxy) is 1. The van der Waals surface area contributed by atoms with Crippen LogP contribution in [0.1, 0.15) is 11.3 Å². The van der Waals surface area contributed by atoms with Crippen LogP contribution >= 0.6 is 11.3 Å². The molecule has 0 saturated carbocycles. The fourth-order valence-electron chi connectivity index (χ4n) is 2.26. The molecule has 0 aliphatic heterocycles. The second-order valence-electron chi connectivity index (χ2n) is 5.12. The predicted molar refractivity (Wildman–Crippen MR) is 93.9 cm³/mol. The van der Waals surface area contributed by atoms with Crippen molar-refractivity contribution in [1.82, 2.24) is 15.3 Å². The van der Waals surface area contributed by atoms with Gasteiger partial charge in [-0.2, -0.15) is 0 Å². The number of carbonyl (C=O) groups excluding carboxylic acids is 1. The van der Waals surface area contributed by atoms with Crippen LogP contribution in [0.3, 0.4) is 0 Å². The van der Waals surface area contributed by atoms with Crippen molar-refractivity contribution in [3.8, 4) is 16.5 Å². The molecule has 2 heterocycles. The maximum absolute atomic E-state index is 12.1. The highest BCUT2D eigenvalue weighted by molar-refractivity contribution is 7.13. The molecule has 5 nitrogen and oxygen atoms in total. The molecule has 122 valence electrons. The van der Waals surface area contributed by atoms with Gasteiger partial charge in [-0.05, 0) is 18.2 Å². The van der Waals surface area contributed by atoms with Crippen molar-refractivity contribution in [2.45, 2.75) is 13.0 Å². The molecule has 0 aliphatic rings. The average Bonchev–Trinajstić information content (AvgIpc) is 3.09. The number of carbonyl (C=O) groups is 1. The molecule has 1 amide bonds. The molecule has 1 aromatic carbocycles. The Balaban J connectivity index is 1.58. The standard InChI is InChI=1S/C18H17N3O2S/c1-23-16-8-3-2-6-13(16)11-20-17(22)10-14-12-24-18(21-14)15-7-4-5-9-19-15/h2-9,12H,10-11H2,1H3,(H,20,22). The third-order valence-corrected chi connectivity index (χ3v) is 4.36. The summed E-state index contributed by atoms with van der Waals surface area (Å²) in [5.41, 5.74) is 2.52. The fraction of sp³-hybridized carbons (Fsp3) is 0.167. The van der Waals surface area contributed by atoms with E-state index in [-0.39, 0.29) is 12.3 Å². The number of rotatable bonds is 6. The van der Waals surface area contributed by atoms with E-state index >= 15 is 0 Å². The van der Waals surface area contributed by atoms with Gasteiger partial charge in [0.1, 0.15) is 10.8 Å². The Morgan fingerprint density at radius 3 is 2.83 bits per heavy atom. The van der Waals surface area contributed by atoms with Gasteiger partial charge in [0.2, 0.25) is 5.91 Å². The number of nitrogens with zero attached hydrogens (tertiary/aromatic N) is 2. The van der Waals surface area contributed by atoms with Gasteiger partial charge in [-0.15, -0.1) is 11.3 Å². The van der Waals surface area contributed by atoms with Crippen molar-refractivity contribution in [2.75, 3.05) is 7.11 Å². The normalized spacial score (nSPS) is 10.4. The Hall–Kier alpha value is -2.73. The summed E-state index contributed by atoms with van der Waals surface area (Å²) in [6.45, 7) is 0.431. The van der Waals surface area contributed by atoms with Crippen LogP contribution in [0.5, 0.6) is 5.75 Å². The zero-order valence-corrected chi connectivity index (χ0v) is 14.0. The first-order valence-corrected chi connectivity index (χ1v) is 8.38. The van der Waals surface area contributed by atoms with Crippen molar-refractivity contribution in [3.05, 3.63) is 65.3 Å². The maximum atomic E-state index is 12.1. The van der Waals surface area contributed by atoms with Gasteiger partial charge in [0.15, 0.2) is 0 Å². The van der Waals surface area contributed by atoms with E-state index in [1.54, 1.807) is 13.3 Å². The third kappa shape index (κ3) is 3.97. The molecule has 0 aliphatic carbocycles. The average molecular weight is 339 g/mol. The van der Waals surface area contributed by atoms with Crippen molar-refractivity contribution < 1.29 is 9.53 Å². The number of amides is 1. The molecule has 2 aromatic heterocycles. The first-order chi connectivity index (χ1) is 11.8. The van der Waals surface area contributed by atoms with Crippen LogP contribution in [0.4, 0.5) is 0 Å². The highest BCUT2D eigenvalue weighted by Crippen LogP contribution is 2.21. The van der Waals surface area contributed by atoms with Gasteiger partial charge in [-0.1, -0.05) is 24.3 Å². The van der Waals surface area contributed by atoms with Crippen LogP contribution in [0.2, 0.25) is 0 Å². The van der Waals surface area contributed by atoms with E-state index in [9.17, 15) is 4.79 Å². The van der Waals surface area contributed by atoms with Crippen LogP contribution in [0.25, 0.3) is 10.7 Å². The summed E-state index contributed by atoms with van der Waals surface area (Å²) in [6, 6.07) is 13.3. The molecule has 0 saturated heterocycles. The number of nitrogens with one attached hydrogen (secondary N) is 1. The smallest absolute Gasteiger partial charge is 0.226 e. The van der Waals surface area contributed by atoms with Crippen LogP contribution in [0, 0.1) is 0 Å². The largest absolute Gasteiger partial charge is 0.496 e. The monoisotopic (exact) mass is 339 g/mol. The molecule has 0 fully saturated rings. The van der Waals surface area contributed by atoms with Gasteiger partial charge < -0.3 is 10.1 Å². The van der Waals surface area contributed by atoms with Gasteiger partial charge in [-0.3, -0.25) is 9.78 Å². The van der Waals surface area contributed by atoms with E-state index < -0.39 is 0 Å². The zero-order chi connectivity index (χ0) is 16.8. The molecule has 0 radical (unpaired) electrons. The predicted octanol–water partition coefficient (Wildman–Crippen LogP) is 3.07. The van der Waals surface area contributed by atoms with Crippen LogP contribution in [0.15, 0.2) is 54.0 Å². The van der Waals surface area contributed by atoms with E-state index in [0.717, 1.165) is 27.7 Å². The lowest BCUT2D eigenvalue weighted by molar-refractivity contribution is -0.120. The Labute approximate surface area is 144 Å². The van der Waals surface area contributed by atoms with E-state index in [1.807, 2.05) is 47.8 Å². The highest BCUT2D eigenvalue weighted by Gasteiger charge is 2.10. The summed E-state index contributed by atoms with van der Waals surface area (Å²) in [4.78, 5) is 20.9.